The number of nitrogens with one attached hydrogen (secondary N) is 1. The largest absolute Gasteiger partial charge is 0.477 e. The molecular weight excluding hydrogens is 292 g/mol. The van der Waals surface area contributed by atoms with Crippen molar-refractivity contribution >= 4 is 15.8 Å². The molecule has 1 saturated carbocycles. The average molecular weight is 306 g/mol. The van der Waals surface area contributed by atoms with E-state index < -0.39 is 20.6 Å². The van der Waals surface area contributed by atoms with Crippen LogP contribution >= 0.6 is 0 Å². The van der Waals surface area contributed by atoms with Gasteiger partial charge in [-0.3, -0.25) is 5.10 Å². The van der Waals surface area contributed by atoms with Gasteiger partial charge in [-0.05, 0) is 24.5 Å². The number of aromatic nitrogens is 2. The van der Waals surface area contributed by atoms with Gasteiger partial charge < -0.3 is 5.11 Å². The summed E-state index contributed by atoms with van der Waals surface area (Å²) in [6.45, 7) is 0. The highest BCUT2D eigenvalue weighted by Crippen LogP contribution is 2.52. The van der Waals surface area contributed by atoms with Gasteiger partial charge in [0, 0.05) is 11.8 Å². The first kappa shape index (κ1) is 13.8. The van der Waals surface area contributed by atoms with Crippen LogP contribution in [0.1, 0.15) is 28.9 Å². The van der Waals surface area contributed by atoms with Crippen molar-refractivity contribution in [2.24, 2.45) is 0 Å². The minimum atomic E-state index is -3.13. The van der Waals surface area contributed by atoms with Crippen LogP contribution in [0.3, 0.4) is 0 Å². The number of carboxylic acids is 1. The molecule has 1 aromatic carbocycles. The Labute approximate surface area is 121 Å². The van der Waals surface area contributed by atoms with E-state index in [4.69, 9.17) is 5.11 Å². The predicted octanol–water partition coefficient (Wildman–Crippen LogP) is 1.81. The van der Waals surface area contributed by atoms with Crippen molar-refractivity contribution in [1.29, 1.82) is 0 Å². The fraction of sp³-hybridized carbons (Fsp3) is 0.286. The van der Waals surface area contributed by atoms with E-state index in [1.165, 1.54) is 12.3 Å². The van der Waals surface area contributed by atoms with Gasteiger partial charge in [-0.2, -0.15) is 5.10 Å². The van der Waals surface area contributed by atoms with Crippen LogP contribution in [0.2, 0.25) is 0 Å². The fourth-order valence-corrected chi connectivity index (χ4v) is 3.92. The molecule has 0 bridgehead atoms. The molecule has 1 fully saturated rings. The molecule has 6 nitrogen and oxygen atoms in total. The lowest BCUT2D eigenvalue weighted by Gasteiger charge is -2.13. The zero-order valence-electron chi connectivity index (χ0n) is 11.3. The summed E-state index contributed by atoms with van der Waals surface area (Å²) in [5.41, 5.74) is 2.06. The van der Waals surface area contributed by atoms with Gasteiger partial charge in [-0.25, -0.2) is 13.2 Å². The average Bonchev–Trinajstić information content (AvgIpc) is 3.10. The van der Waals surface area contributed by atoms with Crippen LogP contribution in [-0.4, -0.2) is 35.9 Å². The summed E-state index contributed by atoms with van der Waals surface area (Å²) < 4.78 is 23.0. The Kier molecular flexibility index (Phi) is 2.91. The number of carboxylic acid groups (broad SMARTS) is 1. The van der Waals surface area contributed by atoms with Crippen LogP contribution in [0.25, 0.3) is 11.3 Å². The Morgan fingerprint density at radius 3 is 2.33 bits per heavy atom. The second kappa shape index (κ2) is 4.42. The number of benzene rings is 1. The number of nitrogens with zero attached hydrogens (tertiary/aromatic N) is 1. The number of hydrogen-bond acceptors (Lipinski definition) is 4. The predicted molar refractivity (Wildman–Crippen MR) is 76.7 cm³/mol. The van der Waals surface area contributed by atoms with E-state index in [1.807, 2.05) is 0 Å². The summed E-state index contributed by atoms with van der Waals surface area (Å²) in [4.78, 5) is 10.8. The first-order valence-corrected chi connectivity index (χ1v) is 8.32. The fourth-order valence-electron chi connectivity index (χ4n) is 2.51. The Morgan fingerprint density at radius 2 is 1.90 bits per heavy atom. The van der Waals surface area contributed by atoms with Crippen molar-refractivity contribution in [2.45, 2.75) is 17.6 Å². The summed E-state index contributed by atoms with van der Waals surface area (Å²) in [7, 11) is -3.13. The van der Waals surface area contributed by atoms with Gasteiger partial charge in [-0.1, -0.05) is 24.3 Å². The van der Waals surface area contributed by atoms with Gasteiger partial charge in [0.25, 0.3) is 0 Å². The normalized spacial score (nSPS) is 16.6. The third kappa shape index (κ3) is 2.23. The van der Waals surface area contributed by atoms with Crippen LogP contribution in [0.4, 0.5) is 0 Å². The third-order valence-corrected chi connectivity index (χ3v) is 5.99. The summed E-state index contributed by atoms with van der Waals surface area (Å²) in [5.74, 6) is -1.07. The lowest BCUT2D eigenvalue weighted by atomic mass is 10.1. The second-order valence-electron chi connectivity index (χ2n) is 5.32. The summed E-state index contributed by atoms with van der Waals surface area (Å²) in [5, 5.41) is 15.2. The summed E-state index contributed by atoms with van der Waals surface area (Å²) in [6.07, 6.45) is 2.56. The van der Waals surface area contributed by atoms with E-state index in [0.29, 0.717) is 18.5 Å². The maximum absolute atomic E-state index is 11.9. The molecule has 1 heterocycles. The van der Waals surface area contributed by atoms with E-state index in [-0.39, 0.29) is 5.69 Å². The molecule has 0 spiro atoms. The molecule has 3 rings (SSSR count). The molecule has 2 N–H and O–H groups in total. The number of aromatic amines is 1. The van der Waals surface area contributed by atoms with Crippen molar-refractivity contribution in [3.05, 3.63) is 41.6 Å². The minimum absolute atomic E-state index is 0.0175. The Hall–Kier alpha value is -2.15. The van der Waals surface area contributed by atoms with E-state index in [2.05, 4.69) is 10.2 Å². The van der Waals surface area contributed by atoms with Crippen molar-refractivity contribution in [2.75, 3.05) is 6.26 Å². The number of H-pyrrole nitrogens is 1. The first-order valence-electron chi connectivity index (χ1n) is 6.43. The lowest BCUT2D eigenvalue weighted by Crippen LogP contribution is -2.19. The number of rotatable bonds is 4. The maximum atomic E-state index is 11.9. The monoisotopic (exact) mass is 306 g/mol. The molecule has 1 aliphatic rings. The molecule has 0 radical (unpaired) electrons. The van der Waals surface area contributed by atoms with Crippen LogP contribution in [0, 0.1) is 0 Å². The standard InChI is InChI=1S/C14H14N2O4S/c1-21(19,20)14(6-7-14)10-4-2-9(3-5-10)11-8-12(13(17)18)16-15-11/h2-5,8H,6-7H2,1H3,(H,15,16)(H,17,18). The van der Waals surface area contributed by atoms with Gasteiger partial charge in [0.2, 0.25) is 0 Å². The van der Waals surface area contributed by atoms with Gasteiger partial charge >= 0.3 is 5.97 Å². The number of aromatic carboxylic acids is 1. The van der Waals surface area contributed by atoms with Gasteiger partial charge in [-0.15, -0.1) is 0 Å². The first-order chi connectivity index (χ1) is 9.83. The van der Waals surface area contributed by atoms with E-state index >= 15 is 0 Å². The molecule has 2 aromatic rings. The smallest absolute Gasteiger partial charge is 0.353 e. The van der Waals surface area contributed by atoms with Crippen LogP contribution in [0.15, 0.2) is 30.3 Å². The van der Waals surface area contributed by atoms with Crippen molar-refractivity contribution in [3.8, 4) is 11.3 Å². The molecule has 0 atom stereocenters. The summed E-state index contributed by atoms with van der Waals surface area (Å²) in [6, 6.07) is 8.53. The molecule has 0 unspecified atom stereocenters. The van der Waals surface area contributed by atoms with Crippen molar-refractivity contribution in [3.63, 3.8) is 0 Å². The molecule has 0 amide bonds. The maximum Gasteiger partial charge on any atom is 0.353 e. The molecule has 7 heteroatoms. The molecule has 0 aliphatic heterocycles. The van der Waals surface area contributed by atoms with Crippen molar-refractivity contribution in [1.82, 2.24) is 10.2 Å². The Morgan fingerprint density at radius 1 is 1.29 bits per heavy atom. The zero-order valence-corrected chi connectivity index (χ0v) is 12.1. The van der Waals surface area contributed by atoms with Crippen LogP contribution in [-0.2, 0) is 14.6 Å². The van der Waals surface area contributed by atoms with Crippen molar-refractivity contribution < 1.29 is 18.3 Å². The highest BCUT2D eigenvalue weighted by Gasteiger charge is 2.53. The Bertz CT molecular complexity index is 802. The summed E-state index contributed by atoms with van der Waals surface area (Å²) >= 11 is 0. The topological polar surface area (TPSA) is 100 Å². The molecule has 0 saturated heterocycles. The van der Waals surface area contributed by atoms with E-state index in [9.17, 15) is 13.2 Å². The molecule has 1 aromatic heterocycles. The number of sulfone groups is 1. The second-order valence-corrected chi connectivity index (χ2v) is 7.64. The minimum Gasteiger partial charge on any atom is -0.477 e. The molecule has 110 valence electrons. The quantitative estimate of drug-likeness (QED) is 0.897. The van der Waals surface area contributed by atoms with Crippen LogP contribution < -0.4 is 0 Å². The van der Waals surface area contributed by atoms with E-state index in [1.54, 1.807) is 24.3 Å². The SMILES string of the molecule is CS(=O)(=O)C1(c2ccc(-c3cc(C(=O)O)[nH]n3)cc2)CC1. The number of carbonyl (C=O) groups is 1. The number of hydrogen-bond donors (Lipinski definition) is 2. The third-order valence-electron chi connectivity index (χ3n) is 3.93. The van der Waals surface area contributed by atoms with Gasteiger partial charge in [0.1, 0.15) is 5.69 Å². The highest BCUT2D eigenvalue weighted by atomic mass is 32.2. The van der Waals surface area contributed by atoms with Gasteiger partial charge in [0.05, 0.1) is 10.4 Å². The molecule has 21 heavy (non-hydrogen) atoms. The Balaban J connectivity index is 1.93. The lowest BCUT2D eigenvalue weighted by molar-refractivity contribution is 0.0690. The van der Waals surface area contributed by atoms with Gasteiger partial charge in [0.15, 0.2) is 9.84 Å². The van der Waals surface area contributed by atoms with E-state index in [0.717, 1.165) is 11.1 Å². The zero-order chi connectivity index (χ0) is 15.3. The highest BCUT2D eigenvalue weighted by molar-refractivity contribution is 7.92. The van der Waals surface area contributed by atoms with Crippen LogP contribution in [0.5, 0.6) is 0 Å². The molecular formula is C14H14N2O4S. The molecule has 1 aliphatic carbocycles.